The largest absolute Gasteiger partial charge is 0.348 e. The maximum atomic E-state index is 13.3. The lowest BCUT2D eigenvalue weighted by molar-refractivity contribution is -0.131. The Morgan fingerprint density at radius 3 is 2.35 bits per heavy atom. The maximum absolute atomic E-state index is 13.3. The number of carbonyl (C=O) groups is 3. The normalized spacial score (nSPS) is 23.0. The monoisotopic (exact) mass is 437 g/mol. The highest BCUT2D eigenvalue weighted by atomic mass is 32.2. The molecule has 2 N–H and O–H groups in total. The van der Waals surface area contributed by atoms with E-state index in [-0.39, 0.29) is 29.1 Å². The number of rotatable bonds is 5. The second-order valence-electron chi connectivity index (χ2n) is 8.65. The van der Waals surface area contributed by atoms with Crippen LogP contribution in [0.1, 0.15) is 60.6 Å². The molecule has 1 fully saturated rings. The van der Waals surface area contributed by atoms with Crippen LogP contribution in [0.25, 0.3) is 0 Å². The van der Waals surface area contributed by atoms with Crippen LogP contribution in [0.3, 0.4) is 0 Å². The van der Waals surface area contributed by atoms with Crippen LogP contribution in [0, 0.1) is 0 Å². The summed E-state index contributed by atoms with van der Waals surface area (Å²) in [5.41, 5.74) is 2.59. The van der Waals surface area contributed by atoms with Gasteiger partial charge >= 0.3 is 0 Å². The van der Waals surface area contributed by atoms with Crippen LogP contribution in [0.15, 0.2) is 54.6 Å². The Kier molecular flexibility index (Phi) is 5.56. The third-order valence-electron chi connectivity index (χ3n) is 5.96. The lowest BCUT2D eigenvalue weighted by atomic mass is 10.0. The van der Waals surface area contributed by atoms with E-state index in [1.165, 1.54) is 0 Å². The summed E-state index contributed by atoms with van der Waals surface area (Å²) in [6, 6.07) is 15.6. The molecule has 0 aliphatic carbocycles. The molecule has 4 rings (SSSR count). The van der Waals surface area contributed by atoms with Gasteiger partial charge in [-0.2, -0.15) is 0 Å². The molecule has 0 bridgehead atoms. The van der Waals surface area contributed by atoms with Gasteiger partial charge in [-0.15, -0.1) is 11.8 Å². The number of hydrogen-bond donors (Lipinski definition) is 2. The fraction of sp³-hybridized carbons (Fsp3) is 0.375. The minimum atomic E-state index is -0.724. The number of amides is 3. The van der Waals surface area contributed by atoms with Gasteiger partial charge in [0.15, 0.2) is 0 Å². The number of carbonyl (C=O) groups excluding carboxylic acids is 3. The van der Waals surface area contributed by atoms with Crippen molar-refractivity contribution < 1.29 is 14.4 Å². The van der Waals surface area contributed by atoms with Crippen molar-refractivity contribution in [1.82, 2.24) is 15.5 Å². The molecular weight excluding hydrogens is 410 g/mol. The number of nitrogens with zero attached hydrogens (tertiary/aromatic N) is 1. The standard InChI is InChI=1S/C24H27N3O3S/c1-14(16-10-6-5-7-11-16)25-20(28)15(2)26-21(29)19-24(3,4)31-23-18-13-9-8-12-17(18)22(30)27(19)23/h5-15,19,23H,1-4H3,(H,25,28)(H,26,29). The van der Waals surface area contributed by atoms with Crippen molar-refractivity contribution in [2.45, 2.75) is 55.9 Å². The van der Waals surface area contributed by atoms with Crippen molar-refractivity contribution in [3.05, 3.63) is 71.3 Å². The first kappa shape index (κ1) is 21.4. The quantitative estimate of drug-likeness (QED) is 0.751. The molecule has 2 aromatic carbocycles. The number of benzene rings is 2. The van der Waals surface area contributed by atoms with Gasteiger partial charge in [0, 0.05) is 10.3 Å². The molecule has 0 saturated carbocycles. The maximum Gasteiger partial charge on any atom is 0.256 e. The van der Waals surface area contributed by atoms with E-state index in [2.05, 4.69) is 10.6 Å². The number of hydrogen-bond acceptors (Lipinski definition) is 4. The minimum absolute atomic E-state index is 0.131. The van der Waals surface area contributed by atoms with E-state index in [9.17, 15) is 14.4 Å². The SMILES string of the molecule is CC(NC(=O)C1N2C(=O)c3ccccc3C2SC1(C)C)C(=O)NC(C)c1ccccc1. The average Bonchev–Trinajstić information content (AvgIpc) is 3.17. The highest BCUT2D eigenvalue weighted by molar-refractivity contribution is 8.01. The number of thioether (sulfide) groups is 1. The van der Waals surface area contributed by atoms with Gasteiger partial charge in [-0.1, -0.05) is 48.5 Å². The van der Waals surface area contributed by atoms with Crippen LogP contribution in [0.2, 0.25) is 0 Å². The van der Waals surface area contributed by atoms with Gasteiger partial charge in [-0.3, -0.25) is 14.4 Å². The van der Waals surface area contributed by atoms with Crippen molar-refractivity contribution in [2.24, 2.45) is 0 Å². The summed E-state index contributed by atoms with van der Waals surface area (Å²) >= 11 is 1.61. The zero-order valence-electron chi connectivity index (χ0n) is 18.1. The van der Waals surface area contributed by atoms with Crippen LogP contribution < -0.4 is 10.6 Å². The molecule has 3 amide bonds. The molecule has 2 aromatic rings. The Hall–Kier alpha value is -2.80. The first-order valence-corrected chi connectivity index (χ1v) is 11.3. The highest BCUT2D eigenvalue weighted by Crippen LogP contribution is 2.56. The molecule has 0 spiro atoms. The Labute approximate surface area is 186 Å². The molecule has 31 heavy (non-hydrogen) atoms. The van der Waals surface area contributed by atoms with Crippen LogP contribution in [-0.2, 0) is 9.59 Å². The van der Waals surface area contributed by atoms with Gasteiger partial charge in [0.05, 0.1) is 6.04 Å². The zero-order chi connectivity index (χ0) is 22.3. The molecule has 6 nitrogen and oxygen atoms in total. The molecule has 7 heteroatoms. The molecule has 0 aromatic heterocycles. The van der Waals surface area contributed by atoms with Crippen molar-refractivity contribution >= 4 is 29.5 Å². The summed E-state index contributed by atoms with van der Waals surface area (Å²) in [4.78, 5) is 40.7. The highest BCUT2D eigenvalue weighted by Gasteiger charge is 2.57. The zero-order valence-corrected chi connectivity index (χ0v) is 18.9. The van der Waals surface area contributed by atoms with Gasteiger partial charge in [0.1, 0.15) is 17.5 Å². The molecule has 2 aliphatic rings. The van der Waals surface area contributed by atoms with Crippen LogP contribution in [0.5, 0.6) is 0 Å². The van der Waals surface area contributed by atoms with Gasteiger partial charge in [0.2, 0.25) is 11.8 Å². The number of fused-ring (bicyclic) bond motifs is 3. The van der Waals surface area contributed by atoms with Crippen LogP contribution in [0.4, 0.5) is 0 Å². The van der Waals surface area contributed by atoms with Crippen molar-refractivity contribution in [3.63, 3.8) is 0 Å². The predicted molar refractivity (Wildman–Crippen MR) is 121 cm³/mol. The molecule has 4 unspecified atom stereocenters. The summed E-state index contributed by atoms with van der Waals surface area (Å²) in [6.07, 6.45) is 0. The van der Waals surface area contributed by atoms with Gasteiger partial charge in [0.25, 0.3) is 5.91 Å². The third-order valence-corrected chi connectivity index (χ3v) is 7.49. The third kappa shape index (κ3) is 3.83. The van der Waals surface area contributed by atoms with E-state index in [1.54, 1.807) is 29.7 Å². The van der Waals surface area contributed by atoms with Gasteiger partial charge in [-0.25, -0.2) is 0 Å². The van der Waals surface area contributed by atoms with E-state index in [0.29, 0.717) is 5.56 Å². The van der Waals surface area contributed by atoms with Crippen molar-refractivity contribution in [1.29, 1.82) is 0 Å². The van der Waals surface area contributed by atoms with E-state index in [4.69, 9.17) is 0 Å². The minimum Gasteiger partial charge on any atom is -0.348 e. The van der Waals surface area contributed by atoms with E-state index in [0.717, 1.165) is 11.1 Å². The fourth-order valence-electron chi connectivity index (χ4n) is 4.33. The molecule has 1 saturated heterocycles. The lowest BCUT2D eigenvalue weighted by Crippen LogP contribution is -2.56. The van der Waals surface area contributed by atoms with Crippen molar-refractivity contribution in [3.8, 4) is 0 Å². The van der Waals surface area contributed by atoms with Gasteiger partial charge in [-0.05, 0) is 44.9 Å². The average molecular weight is 438 g/mol. The van der Waals surface area contributed by atoms with E-state index >= 15 is 0 Å². The lowest BCUT2D eigenvalue weighted by Gasteiger charge is -2.30. The second kappa shape index (κ2) is 8.04. The molecule has 2 heterocycles. The molecule has 4 atom stereocenters. The summed E-state index contributed by atoms with van der Waals surface area (Å²) in [5.74, 6) is -0.703. The van der Waals surface area contributed by atoms with E-state index in [1.807, 2.05) is 69.3 Å². The van der Waals surface area contributed by atoms with E-state index < -0.39 is 16.8 Å². The summed E-state index contributed by atoms with van der Waals surface area (Å²) in [6.45, 7) is 7.51. The molecule has 162 valence electrons. The topological polar surface area (TPSA) is 78.5 Å². The smallest absolute Gasteiger partial charge is 0.256 e. The Balaban J connectivity index is 1.46. The molecular formula is C24H27N3O3S. The van der Waals surface area contributed by atoms with Gasteiger partial charge < -0.3 is 15.5 Å². The molecule has 2 aliphatic heterocycles. The van der Waals surface area contributed by atoms with Crippen molar-refractivity contribution in [2.75, 3.05) is 0 Å². The first-order valence-electron chi connectivity index (χ1n) is 10.5. The van der Waals surface area contributed by atoms with Crippen LogP contribution >= 0.6 is 11.8 Å². The number of nitrogens with one attached hydrogen (secondary N) is 2. The Morgan fingerprint density at radius 1 is 1.00 bits per heavy atom. The fourth-order valence-corrected chi connectivity index (χ4v) is 5.91. The first-order chi connectivity index (χ1) is 14.7. The van der Waals surface area contributed by atoms with Crippen LogP contribution in [-0.4, -0.2) is 39.5 Å². The Bertz CT molecular complexity index is 1020. The Morgan fingerprint density at radius 2 is 1.65 bits per heavy atom. The predicted octanol–water partition coefficient (Wildman–Crippen LogP) is 3.42. The summed E-state index contributed by atoms with van der Waals surface area (Å²) < 4.78 is -0.481. The summed E-state index contributed by atoms with van der Waals surface area (Å²) in [7, 11) is 0. The summed E-state index contributed by atoms with van der Waals surface area (Å²) in [5, 5.41) is 5.59. The molecule has 0 radical (unpaired) electrons. The second-order valence-corrected chi connectivity index (χ2v) is 10.4.